The van der Waals surface area contributed by atoms with Gasteiger partial charge in [0.2, 0.25) is 0 Å². The largest absolute Gasteiger partial charge is 0.481 e. The van der Waals surface area contributed by atoms with E-state index in [0.717, 1.165) is 0 Å². The molecule has 3 N–H and O–H groups in total. The third-order valence-corrected chi connectivity index (χ3v) is 2.83. The van der Waals surface area contributed by atoms with Crippen LogP contribution in [0.25, 0.3) is 0 Å². The van der Waals surface area contributed by atoms with Crippen LogP contribution >= 0.6 is 11.6 Å². The molecule has 19 heavy (non-hydrogen) atoms. The van der Waals surface area contributed by atoms with Crippen molar-refractivity contribution in [1.82, 2.24) is 5.32 Å². The van der Waals surface area contributed by atoms with Crippen molar-refractivity contribution in [3.8, 4) is 0 Å². The van der Waals surface area contributed by atoms with Gasteiger partial charge in [0.25, 0.3) is 5.91 Å². The van der Waals surface area contributed by atoms with E-state index < -0.39 is 18.0 Å². The van der Waals surface area contributed by atoms with Crippen LogP contribution in [0.2, 0.25) is 5.02 Å². The number of carbonyl (C=O) groups excluding carboxylic acids is 1. The lowest BCUT2D eigenvalue weighted by Gasteiger charge is -2.21. The van der Waals surface area contributed by atoms with E-state index in [-0.39, 0.29) is 12.5 Å². The van der Waals surface area contributed by atoms with Crippen LogP contribution in [0.15, 0.2) is 18.2 Å². The van der Waals surface area contributed by atoms with Gasteiger partial charge in [-0.15, -0.1) is 0 Å². The number of benzene rings is 1. The molecule has 0 saturated carbocycles. The number of aliphatic hydroxyl groups is 1. The molecule has 0 radical (unpaired) electrons. The Balaban J connectivity index is 2.68. The summed E-state index contributed by atoms with van der Waals surface area (Å²) < 4.78 is 0. The Morgan fingerprint density at radius 2 is 2.05 bits per heavy atom. The van der Waals surface area contributed by atoms with Gasteiger partial charge in [-0.05, 0) is 37.6 Å². The molecule has 0 spiro atoms. The summed E-state index contributed by atoms with van der Waals surface area (Å²) in [5.74, 6) is -1.50. The van der Waals surface area contributed by atoms with E-state index in [0.29, 0.717) is 16.1 Å². The number of amides is 1. The van der Waals surface area contributed by atoms with E-state index in [9.17, 15) is 14.7 Å². The second-order valence-corrected chi connectivity index (χ2v) is 5.15. The highest BCUT2D eigenvalue weighted by molar-refractivity contribution is 6.30. The molecule has 1 unspecified atom stereocenters. The molecule has 6 heteroatoms. The fourth-order valence-corrected chi connectivity index (χ4v) is 1.86. The topological polar surface area (TPSA) is 86.6 Å². The number of rotatable bonds is 5. The molecule has 0 saturated heterocycles. The van der Waals surface area contributed by atoms with Crippen molar-refractivity contribution in [2.24, 2.45) is 0 Å². The highest BCUT2D eigenvalue weighted by Gasteiger charge is 2.25. The van der Waals surface area contributed by atoms with Crippen molar-refractivity contribution < 1.29 is 19.8 Å². The van der Waals surface area contributed by atoms with Crippen molar-refractivity contribution in [3.63, 3.8) is 0 Å². The van der Waals surface area contributed by atoms with E-state index in [1.807, 2.05) is 0 Å². The van der Waals surface area contributed by atoms with E-state index >= 15 is 0 Å². The molecule has 0 aliphatic carbocycles. The molecule has 0 heterocycles. The van der Waals surface area contributed by atoms with Crippen LogP contribution in [0.4, 0.5) is 0 Å². The van der Waals surface area contributed by atoms with Gasteiger partial charge in [-0.1, -0.05) is 11.6 Å². The second-order valence-electron chi connectivity index (χ2n) is 4.71. The van der Waals surface area contributed by atoms with Gasteiger partial charge in [0.15, 0.2) is 0 Å². The Bertz CT molecular complexity index is 499. The van der Waals surface area contributed by atoms with Crippen LogP contribution in [0, 0.1) is 6.92 Å². The average molecular weight is 286 g/mol. The third kappa shape index (κ3) is 4.89. The maximum absolute atomic E-state index is 11.9. The zero-order chi connectivity index (χ0) is 14.6. The van der Waals surface area contributed by atoms with Crippen molar-refractivity contribution in [2.75, 3.05) is 6.54 Å². The highest BCUT2D eigenvalue weighted by Crippen LogP contribution is 2.15. The zero-order valence-corrected chi connectivity index (χ0v) is 11.5. The Labute approximate surface area is 116 Å². The molecular weight excluding hydrogens is 270 g/mol. The summed E-state index contributed by atoms with van der Waals surface area (Å²) in [6.07, 6.45) is -0.438. The molecule has 1 rings (SSSR count). The molecule has 1 aromatic rings. The van der Waals surface area contributed by atoms with Gasteiger partial charge in [-0.25, -0.2) is 0 Å². The predicted octanol–water partition coefficient (Wildman–Crippen LogP) is 1.60. The molecule has 5 nitrogen and oxygen atoms in total. The monoisotopic (exact) mass is 285 g/mol. The van der Waals surface area contributed by atoms with Gasteiger partial charge in [-0.3, -0.25) is 9.59 Å². The minimum absolute atomic E-state index is 0.139. The maximum Gasteiger partial charge on any atom is 0.306 e. The van der Waals surface area contributed by atoms with Crippen molar-refractivity contribution in [3.05, 3.63) is 34.3 Å². The van der Waals surface area contributed by atoms with E-state index in [4.69, 9.17) is 16.7 Å². The van der Waals surface area contributed by atoms with Crippen molar-refractivity contribution in [2.45, 2.75) is 25.9 Å². The number of hydrogen-bond donors (Lipinski definition) is 3. The molecule has 1 amide bonds. The van der Waals surface area contributed by atoms with E-state index in [1.54, 1.807) is 25.1 Å². The summed E-state index contributed by atoms with van der Waals surface area (Å²) >= 11 is 5.79. The van der Waals surface area contributed by atoms with Gasteiger partial charge < -0.3 is 15.5 Å². The molecule has 0 aliphatic heterocycles. The van der Waals surface area contributed by atoms with Crippen molar-refractivity contribution >= 4 is 23.5 Å². The predicted molar refractivity (Wildman–Crippen MR) is 71.4 cm³/mol. The Morgan fingerprint density at radius 1 is 1.42 bits per heavy atom. The van der Waals surface area contributed by atoms with Gasteiger partial charge >= 0.3 is 5.97 Å². The second kappa shape index (κ2) is 6.04. The molecule has 0 aromatic heterocycles. The summed E-state index contributed by atoms with van der Waals surface area (Å²) in [6, 6.07) is 4.84. The Hall–Kier alpha value is -1.59. The number of carboxylic acid groups (broad SMARTS) is 1. The number of aryl methyl sites for hydroxylation is 1. The molecular formula is C13H16ClNO4. The van der Waals surface area contributed by atoms with Crippen LogP contribution in [-0.4, -0.2) is 34.2 Å². The highest BCUT2D eigenvalue weighted by atomic mass is 35.5. The van der Waals surface area contributed by atoms with Gasteiger partial charge in [0, 0.05) is 17.1 Å². The van der Waals surface area contributed by atoms with E-state index in [1.165, 1.54) is 6.92 Å². The molecule has 0 aliphatic rings. The summed E-state index contributed by atoms with van der Waals surface area (Å²) in [5.41, 5.74) is -0.333. The zero-order valence-electron chi connectivity index (χ0n) is 10.7. The number of carboxylic acids is 1. The number of hydrogen-bond acceptors (Lipinski definition) is 3. The minimum Gasteiger partial charge on any atom is -0.481 e. The number of carbonyl (C=O) groups is 2. The lowest BCUT2D eigenvalue weighted by Crippen LogP contribution is -2.42. The SMILES string of the molecule is Cc1cc(Cl)ccc1C(=O)NCC(C)(O)CC(=O)O. The van der Waals surface area contributed by atoms with E-state index in [2.05, 4.69) is 5.32 Å². The first-order chi connectivity index (χ1) is 8.71. The fourth-order valence-electron chi connectivity index (χ4n) is 1.64. The number of aliphatic carboxylic acids is 1. The normalized spacial score (nSPS) is 13.7. The maximum atomic E-state index is 11.9. The van der Waals surface area contributed by atoms with Gasteiger partial charge in [-0.2, -0.15) is 0 Å². The number of halogens is 1. The lowest BCUT2D eigenvalue weighted by atomic mass is 10.0. The standard InChI is InChI=1S/C13H16ClNO4/c1-8-5-9(14)3-4-10(8)12(18)15-7-13(2,19)6-11(16)17/h3-5,19H,6-7H2,1-2H3,(H,15,18)(H,16,17). The van der Waals surface area contributed by atoms with Gasteiger partial charge in [0.1, 0.15) is 0 Å². The first-order valence-corrected chi connectivity index (χ1v) is 6.07. The summed E-state index contributed by atoms with van der Waals surface area (Å²) in [5, 5.41) is 21.4. The first kappa shape index (κ1) is 15.5. The lowest BCUT2D eigenvalue weighted by molar-refractivity contribution is -0.141. The Kier molecular flexibility index (Phi) is 4.91. The van der Waals surface area contributed by atoms with Crippen LogP contribution < -0.4 is 5.32 Å². The van der Waals surface area contributed by atoms with Crippen LogP contribution in [0.1, 0.15) is 29.3 Å². The quantitative estimate of drug-likeness (QED) is 0.767. The third-order valence-electron chi connectivity index (χ3n) is 2.59. The molecule has 1 atom stereocenters. The summed E-state index contributed by atoms with van der Waals surface area (Å²) in [4.78, 5) is 22.4. The molecule has 104 valence electrons. The smallest absolute Gasteiger partial charge is 0.306 e. The summed E-state index contributed by atoms with van der Waals surface area (Å²) in [7, 11) is 0. The molecule has 0 bridgehead atoms. The molecule has 1 aromatic carbocycles. The van der Waals surface area contributed by atoms with Crippen LogP contribution in [0.3, 0.4) is 0 Å². The van der Waals surface area contributed by atoms with Crippen LogP contribution in [-0.2, 0) is 4.79 Å². The van der Waals surface area contributed by atoms with Gasteiger partial charge in [0.05, 0.1) is 12.0 Å². The summed E-state index contributed by atoms with van der Waals surface area (Å²) in [6.45, 7) is 2.96. The molecule has 0 fully saturated rings. The van der Waals surface area contributed by atoms with Crippen LogP contribution in [0.5, 0.6) is 0 Å². The van der Waals surface area contributed by atoms with Crippen molar-refractivity contribution in [1.29, 1.82) is 0 Å². The fraction of sp³-hybridized carbons (Fsp3) is 0.385. The average Bonchev–Trinajstić information content (AvgIpc) is 2.24. The number of nitrogens with one attached hydrogen (secondary N) is 1. The minimum atomic E-state index is -1.48. The Morgan fingerprint density at radius 3 is 2.58 bits per heavy atom. The first-order valence-electron chi connectivity index (χ1n) is 5.70.